The molecule has 2 atom stereocenters. The lowest BCUT2D eigenvalue weighted by atomic mass is 9.87. The molecule has 2 N–H and O–H groups in total. The molecule has 0 bridgehead atoms. The molecule has 92 valence electrons. The molecule has 17 heavy (non-hydrogen) atoms. The molecule has 0 aliphatic carbocycles. The molecule has 1 aromatic rings. The zero-order chi connectivity index (χ0) is 12.6. The van der Waals surface area contributed by atoms with Gasteiger partial charge in [0.1, 0.15) is 6.04 Å². The highest BCUT2D eigenvalue weighted by Gasteiger charge is 2.45. The molecule has 0 fully saturated rings. The Morgan fingerprint density at radius 3 is 2.59 bits per heavy atom. The zero-order valence-corrected chi connectivity index (χ0v) is 8.66. The van der Waals surface area contributed by atoms with Crippen LogP contribution in [0, 0.1) is 0 Å². The van der Waals surface area contributed by atoms with Crippen LogP contribution in [0.2, 0.25) is 0 Å². The third-order valence-corrected chi connectivity index (χ3v) is 2.83. The summed E-state index contributed by atoms with van der Waals surface area (Å²) in [5.41, 5.74) is 0.647. The van der Waals surface area contributed by atoms with Gasteiger partial charge in [-0.15, -0.1) is 0 Å². The van der Waals surface area contributed by atoms with Crippen LogP contribution in [-0.4, -0.2) is 23.3 Å². The predicted octanol–water partition coefficient (Wildman–Crippen LogP) is 2.60. The molecule has 1 heterocycles. The summed E-state index contributed by atoms with van der Waals surface area (Å²) < 4.78 is 37.8. The fraction of sp³-hybridized carbons (Fsp3) is 0.364. The number of carbonyl (C=O) groups is 1. The Morgan fingerprint density at radius 2 is 2.00 bits per heavy atom. The summed E-state index contributed by atoms with van der Waals surface area (Å²) in [6, 6.07) is 4.38. The maximum Gasteiger partial charge on any atom is 0.408 e. The molecule has 0 radical (unpaired) electrons. The first-order chi connectivity index (χ1) is 7.89. The Labute approximate surface area is 95.3 Å². The summed E-state index contributed by atoms with van der Waals surface area (Å²) in [6.07, 6.45) is -4.92. The minimum Gasteiger partial charge on any atom is -0.481 e. The maximum atomic E-state index is 12.6. The van der Waals surface area contributed by atoms with Crippen LogP contribution in [0.15, 0.2) is 24.3 Å². The standard InChI is InChI=1S/C11H10F3NO2/c12-11(13,14)9-5-7(10(16)17)6-3-1-2-4-8(6)15-9/h1-4,7,9,15H,5H2,(H,16,17)/t7-,9-/m0/s1. The lowest BCUT2D eigenvalue weighted by molar-refractivity contribution is -0.151. The van der Waals surface area contributed by atoms with Crippen molar-refractivity contribution in [3.8, 4) is 0 Å². The van der Waals surface area contributed by atoms with Crippen molar-refractivity contribution in [2.45, 2.75) is 24.6 Å². The van der Waals surface area contributed by atoms with Crippen LogP contribution in [0.1, 0.15) is 17.9 Å². The van der Waals surface area contributed by atoms with Crippen molar-refractivity contribution < 1.29 is 23.1 Å². The van der Waals surface area contributed by atoms with Crippen molar-refractivity contribution in [1.29, 1.82) is 0 Å². The van der Waals surface area contributed by atoms with Crippen LogP contribution in [0.4, 0.5) is 18.9 Å². The fourth-order valence-electron chi connectivity index (χ4n) is 1.99. The lowest BCUT2D eigenvalue weighted by Crippen LogP contribution is -2.41. The van der Waals surface area contributed by atoms with Gasteiger partial charge in [0.05, 0.1) is 5.92 Å². The van der Waals surface area contributed by atoms with E-state index in [2.05, 4.69) is 5.32 Å². The van der Waals surface area contributed by atoms with Crippen LogP contribution in [0.5, 0.6) is 0 Å². The quantitative estimate of drug-likeness (QED) is 0.799. The van der Waals surface area contributed by atoms with E-state index in [1.54, 1.807) is 12.1 Å². The van der Waals surface area contributed by atoms with E-state index in [1.807, 2.05) is 0 Å². The topological polar surface area (TPSA) is 49.3 Å². The Bertz CT molecular complexity index is 445. The summed E-state index contributed by atoms with van der Waals surface area (Å²) in [6.45, 7) is 0. The van der Waals surface area contributed by atoms with Crippen molar-refractivity contribution >= 4 is 11.7 Å². The molecule has 1 aliphatic rings. The molecule has 6 heteroatoms. The third-order valence-electron chi connectivity index (χ3n) is 2.83. The highest BCUT2D eigenvalue weighted by molar-refractivity contribution is 5.80. The van der Waals surface area contributed by atoms with Crippen molar-refractivity contribution in [3.05, 3.63) is 29.8 Å². The summed E-state index contributed by atoms with van der Waals surface area (Å²) >= 11 is 0. The third kappa shape index (κ3) is 2.20. The van der Waals surface area contributed by atoms with Gasteiger partial charge in [0, 0.05) is 5.69 Å². The molecular formula is C11H10F3NO2. The highest BCUT2D eigenvalue weighted by atomic mass is 19.4. The van der Waals surface area contributed by atoms with Gasteiger partial charge in [0.2, 0.25) is 0 Å². The highest BCUT2D eigenvalue weighted by Crippen LogP contribution is 2.39. The van der Waals surface area contributed by atoms with Crippen LogP contribution >= 0.6 is 0 Å². The maximum absolute atomic E-state index is 12.6. The van der Waals surface area contributed by atoms with Crippen LogP contribution in [-0.2, 0) is 4.79 Å². The van der Waals surface area contributed by atoms with Gasteiger partial charge < -0.3 is 10.4 Å². The van der Waals surface area contributed by atoms with Crippen molar-refractivity contribution in [2.24, 2.45) is 0 Å². The van der Waals surface area contributed by atoms with Crippen LogP contribution < -0.4 is 5.32 Å². The number of hydrogen-bond acceptors (Lipinski definition) is 2. The van der Waals surface area contributed by atoms with E-state index < -0.39 is 30.5 Å². The minimum absolute atomic E-state index is 0.244. The zero-order valence-electron chi connectivity index (χ0n) is 8.66. The smallest absolute Gasteiger partial charge is 0.408 e. The first kappa shape index (κ1) is 11.8. The second kappa shape index (κ2) is 3.94. The molecule has 1 aromatic carbocycles. The second-order valence-electron chi connectivity index (χ2n) is 3.95. The average Bonchev–Trinajstić information content (AvgIpc) is 2.26. The molecule has 0 spiro atoms. The number of fused-ring (bicyclic) bond motifs is 1. The summed E-state index contributed by atoms with van der Waals surface area (Å²) in [5.74, 6) is -2.34. The Hall–Kier alpha value is -1.72. The van der Waals surface area contributed by atoms with E-state index in [9.17, 15) is 18.0 Å². The molecule has 0 saturated carbocycles. The molecule has 3 nitrogen and oxygen atoms in total. The van der Waals surface area contributed by atoms with E-state index in [1.165, 1.54) is 12.1 Å². The number of rotatable bonds is 1. The number of halogens is 3. The molecule has 0 amide bonds. The van der Waals surface area contributed by atoms with E-state index in [-0.39, 0.29) is 5.69 Å². The first-order valence-corrected chi connectivity index (χ1v) is 5.04. The number of nitrogens with one attached hydrogen (secondary N) is 1. The normalized spacial score (nSPS) is 23.7. The summed E-state index contributed by atoms with van der Waals surface area (Å²) in [7, 11) is 0. The number of carboxylic acids is 1. The van der Waals surface area contributed by atoms with Crippen molar-refractivity contribution in [3.63, 3.8) is 0 Å². The van der Waals surface area contributed by atoms with Gasteiger partial charge in [0.25, 0.3) is 0 Å². The number of anilines is 1. The molecule has 1 aliphatic heterocycles. The SMILES string of the molecule is O=C(O)[C@H]1C[C@@H](C(F)(F)F)Nc2ccccc21. The average molecular weight is 245 g/mol. The Morgan fingerprint density at radius 1 is 1.35 bits per heavy atom. The monoisotopic (exact) mass is 245 g/mol. The number of para-hydroxylation sites is 1. The Kier molecular flexibility index (Phi) is 2.73. The number of hydrogen-bond donors (Lipinski definition) is 2. The van der Waals surface area contributed by atoms with E-state index >= 15 is 0 Å². The fourth-order valence-corrected chi connectivity index (χ4v) is 1.99. The van der Waals surface area contributed by atoms with Crippen molar-refractivity contribution in [1.82, 2.24) is 0 Å². The first-order valence-electron chi connectivity index (χ1n) is 5.04. The lowest BCUT2D eigenvalue weighted by Gasteiger charge is -2.32. The Balaban J connectivity index is 2.40. The molecular weight excluding hydrogens is 235 g/mol. The number of alkyl halides is 3. The van der Waals surface area contributed by atoms with Crippen LogP contribution in [0.25, 0.3) is 0 Å². The number of carboxylic acid groups (broad SMARTS) is 1. The molecule has 0 aromatic heterocycles. The van der Waals surface area contributed by atoms with Crippen LogP contribution in [0.3, 0.4) is 0 Å². The number of aliphatic carboxylic acids is 1. The molecule has 2 rings (SSSR count). The second-order valence-corrected chi connectivity index (χ2v) is 3.95. The van der Waals surface area contributed by atoms with Gasteiger partial charge in [-0.25, -0.2) is 0 Å². The van der Waals surface area contributed by atoms with Gasteiger partial charge in [-0.1, -0.05) is 18.2 Å². The predicted molar refractivity (Wildman–Crippen MR) is 54.9 cm³/mol. The number of benzene rings is 1. The van der Waals surface area contributed by atoms with Gasteiger partial charge in [-0.05, 0) is 18.1 Å². The van der Waals surface area contributed by atoms with Gasteiger partial charge >= 0.3 is 12.1 Å². The van der Waals surface area contributed by atoms with E-state index in [0.717, 1.165) is 0 Å². The van der Waals surface area contributed by atoms with E-state index in [4.69, 9.17) is 5.11 Å². The van der Waals surface area contributed by atoms with Gasteiger partial charge in [0.15, 0.2) is 0 Å². The molecule has 0 unspecified atom stereocenters. The largest absolute Gasteiger partial charge is 0.481 e. The summed E-state index contributed by atoms with van der Waals surface area (Å²) in [4.78, 5) is 11.0. The molecule has 0 saturated heterocycles. The van der Waals surface area contributed by atoms with E-state index in [0.29, 0.717) is 5.56 Å². The summed E-state index contributed by atoms with van der Waals surface area (Å²) in [5, 5.41) is 11.3. The minimum atomic E-state index is -4.44. The van der Waals surface area contributed by atoms with Crippen molar-refractivity contribution in [2.75, 3.05) is 5.32 Å². The van der Waals surface area contributed by atoms with Gasteiger partial charge in [-0.3, -0.25) is 4.79 Å². The van der Waals surface area contributed by atoms with Gasteiger partial charge in [-0.2, -0.15) is 13.2 Å².